The maximum absolute atomic E-state index is 12.3. The molecule has 0 bridgehead atoms. The van der Waals surface area contributed by atoms with Crippen molar-refractivity contribution in [3.8, 4) is 0 Å². The first-order valence-electron chi connectivity index (χ1n) is 6.49. The van der Waals surface area contributed by atoms with Crippen LogP contribution in [0.1, 0.15) is 36.7 Å². The summed E-state index contributed by atoms with van der Waals surface area (Å²) in [5.41, 5.74) is 6.33. The molecule has 1 aromatic rings. The van der Waals surface area contributed by atoms with Crippen LogP contribution in [0.15, 0.2) is 12.3 Å². The lowest BCUT2D eigenvalue weighted by atomic mass is 9.96. The van der Waals surface area contributed by atoms with Crippen LogP contribution in [-0.2, 0) is 11.3 Å². The van der Waals surface area contributed by atoms with Gasteiger partial charge in [-0.15, -0.1) is 0 Å². The summed E-state index contributed by atoms with van der Waals surface area (Å²) in [6, 6.07) is 1.77. The molecule has 1 heterocycles. The number of nitrogens with zero attached hydrogens (tertiary/aromatic N) is 2. The highest BCUT2D eigenvalue weighted by molar-refractivity contribution is 5.96. The Hall–Kier alpha value is -1.20. The van der Waals surface area contributed by atoms with Gasteiger partial charge in [-0.25, -0.2) is 0 Å². The third-order valence-corrected chi connectivity index (χ3v) is 2.98. The van der Waals surface area contributed by atoms with E-state index in [0.717, 1.165) is 19.3 Å². The van der Waals surface area contributed by atoms with Crippen molar-refractivity contribution >= 4 is 5.78 Å². The van der Waals surface area contributed by atoms with Crippen LogP contribution in [0.3, 0.4) is 0 Å². The smallest absolute Gasteiger partial charge is 0.185 e. The molecule has 1 unspecified atom stereocenters. The number of aryl methyl sites for hydroxylation is 1. The summed E-state index contributed by atoms with van der Waals surface area (Å²) >= 11 is 0. The number of nitrogens with two attached hydrogens (primary N) is 1. The minimum Gasteiger partial charge on any atom is -0.385 e. The fraction of sp³-hybridized carbons (Fsp3) is 0.692. The van der Waals surface area contributed by atoms with Crippen LogP contribution in [-0.4, -0.2) is 35.8 Å². The molecule has 0 radical (unpaired) electrons. The van der Waals surface area contributed by atoms with Gasteiger partial charge in [0.2, 0.25) is 0 Å². The van der Waals surface area contributed by atoms with Crippen molar-refractivity contribution in [2.45, 2.75) is 32.7 Å². The quantitative estimate of drug-likeness (QED) is 0.534. The number of Topliss-reactive ketones (excluding diaryl/α,β-unsaturated/α-hetero) is 1. The molecule has 0 amide bonds. The molecule has 0 fully saturated rings. The summed E-state index contributed by atoms with van der Waals surface area (Å²) in [5, 5.41) is 4.19. The first-order chi connectivity index (χ1) is 8.74. The molecule has 0 aromatic carbocycles. The summed E-state index contributed by atoms with van der Waals surface area (Å²) in [6.07, 6.45) is 4.31. The van der Waals surface area contributed by atoms with Crippen molar-refractivity contribution in [2.75, 3.05) is 20.3 Å². The summed E-state index contributed by atoms with van der Waals surface area (Å²) in [6.45, 7) is 3.83. The number of carbonyl (C=O) groups excluding carboxylic acids is 1. The Kier molecular flexibility index (Phi) is 6.60. The molecule has 18 heavy (non-hydrogen) atoms. The Bertz CT molecular complexity index is 363. The summed E-state index contributed by atoms with van der Waals surface area (Å²) < 4.78 is 6.75. The topological polar surface area (TPSA) is 70.1 Å². The SMILES string of the molecule is CCCC(CN)C(=O)c1ccnn1CCCOC. The van der Waals surface area contributed by atoms with Gasteiger partial charge in [-0.2, -0.15) is 5.10 Å². The molecular weight excluding hydrogens is 230 g/mol. The van der Waals surface area contributed by atoms with Gasteiger partial charge in [-0.1, -0.05) is 13.3 Å². The Morgan fingerprint density at radius 3 is 3.00 bits per heavy atom. The van der Waals surface area contributed by atoms with Gasteiger partial charge in [0, 0.05) is 38.9 Å². The van der Waals surface area contributed by atoms with Gasteiger partial charge in [-0.3, -0.25) is 9.48 Å². The van der Waals surface area contributed by atoms with E-state index in [1.54, 1.807) is 24.1 Å². The first-order valence-corrected chi connectivity index (χ1v) is 6.49. The average Bonchev–Trinajstić information content (AvgIpc) is 2.84. The van der Waals surface area contributed by atoms with Gasteiger partial charge < -0.3 is 10.5 Å². The second-order valence-corrected chi connectivity index (χ2v) is 4.37. The molecule has 2 N–H and O–H groups in total. The van der Waals surface area contributed by atoms with E-state index in [-0.39, 0.29) is 11.7 Å². The number of hydrogen-bond acceptors (Lipinski definition) is 4. The zero-order valence-corrected chi connectivity index (χ0v) is 11.3. The summed E-state index contributed by atoms with van der Waals surface area (Å²) in [5.74, 6) is 0.0159. The third-order valence-electron chi connectivity index (χ3n) is 2.98. The Morgan fingerprint density at radius 2 is 2.39 bits per heavy atom. The monoisotopic (exact) mass is 253 g/mol. The number of methoxy groups -OCH3 is 1. The highest BCUT2D eigenvalue weighted by atomic mass is 16.5. The molecule has 0 saturated heterocycles. The van der Waals surface area contributed by atoms with E-state index in [9.17, 15) is 4.79 Å². The van der Waals surface area contributed by atoms with Crippen LogP contribution in [0.5, 0.6) is 0 Å². The average molecular weight is 253 g/mol. The van der Waals surface area contributed by atoms with Crippen molar-refractivity contribution in [1.29, 1.82) is 0 Å². The third kappa shape index (κ3) is 3.92. The number of hydrogen-bond donors (Lipinski definition) is 1. The van der Waals surface area contributed by atoms with Gasteiger partial charge in [0.1, 0.15) is 5.69 Å². The Balaban J connectivity index is 2.69. The number of ketones is 1. The Morgan fingerprint density at radius 1 is 1.61 bits per heavy atom. The first kappa shape index (κ1) is 14.9. The maximum Gasteiger partial charge on any atom is 0.185 e. The molecule has 102 valence electrons. The molecule has 1 rings (SSSR count). The van der Waals surface area contributed by atoms with Gasteiger partial charge in [-0.05, 0) is 18.9 Å². The summed E-state index contributed by atoms with van der Waals surface area (Å²) in [7, 11) is 1.67. The summed E-state index contributed by atoms with van der Waals surface area (Å²) in [4.78, 5) is 12.3. The molecule has 0 aliphatic heterocycles. The zero-order valence-electron chi connectivity index (χ0n) is 11.3. The van der Waals surface area contributed by atoms with E-state index in [2.05, 4.69) is 12.0 Å². The van der Waals surface area contributed by atoms with Gasteiger partial charge in [0.05, 0.1) is 0 Å². The van der Waals surface area contributed by atoms with Crippen molar-refractivity contribution in [3.05, 3.63) is 18.0 Å². The number of aromatic nitrogens is 2. The molecule has 1 atom stereocenters. The number of rotatable bonds is 9. The number of ether oxygens (including phenoxy) is 1. The van der Waals surface area contributed by atoms with E-state index >= 15 is 0 Å². The molecule has 0 saturated carbocycles. The van der Waals surface area contributed by atoms with Crippen molar-refractivity contribution in [3.63, 3.8) is 0 Å². The largest absolute Gasteiger partial charge is 0.385 e. The molecule has 1 aromatic heterocycles. The van der Waals surface area contributed by atoms with Crippen molar-refractivity contribution in [1.82, 2.24) is 9.78 Å². The Labute approximate surface area is 108 Å². The van der Waals surface area contributed by atoms with E-state index in [4.69, 9.17) is 10.5 Å². The van der Waals surface area contributed by atoms with Crippen LogP contribution in [0, 0.1) is 5.92 Å². The highest BCUT2D eigenvalue weighted by Gasteiger charge is 2.20. The van der Waals surface area contributed by atoms with Gasteiger partial charge >= 0.3 is 0 Å². The minimum atomic E-state index is -0.0899. The van der Waals surface area contributed by atoms with E-state index in [1.807, 2.05) is 0 Å². The van der Waals surface area contributed by atoms with Crippen LogP contribution < -0.4 is 5.73 Å². The molecule has 5 nitrogen and oxygen atoms in total. The number of carbonyl (C=O) groups is 1. The van der Waals surface area contributed by atoms with Gasteiger partial charge in [0.15, 0.2) is 5.78 Å². The predicted octanol–water partition coefficient (Wildman–Crippen LogP) is 1.48. The molecular formula is C13H23N3O2. The normalized spacial score (nSPS) is 12.6. The lowest BCUT2D eigenvalue weighted by Gasteiger charge is -2.13. The molecule has 0 aliphatic rings. The van der Waals surface area contributed by atoms with E-state index in [1.165, 1.54) is 0 Å². The second kappa shape index (κ2) is 8.00. The lowest BCUT2D eigenvalue weighted by Crippen LogP contribution is -2.26. The minimum absolute atomic E-state index is 0.0899. The van der Waals surface area contributed by atoms with Crippen LogP contribution in [0.4, 0.5) is 0 Å². The fourth-order valence-electron chi connectivity index (χ4n) is 1.99. The molecule has 0 spiro atoms. The predicted molar refractivity (Wildman–Crippen MR) is 70.5 cm³/mol. The zero-order chi connectivity index (χ0) is 13.4. The highest BCUT2D eigenvalue weighted by Crippen LogP contribution is 2.13. The van der Waals surface area contributed by atoms with E-state index in [0.29, 0.717) is 25.4 Å². The lowest BCUT2D eigenvalue weighted by molar-refractivity contribution is 0.0905. The van der Waals surface area contributed by atoms with Gasteiger partial charge in [0.25, 0.3) is 0 Å². The fourth-order valence-corrected chi connectivity index (χ4v) is 1.99. The van der Waals surface area contributed by atoms with E-state index < -0.39 is 0 Å². The maximum atomic E-state index is 12.3. The second-order valence-electron chi connectivity index (χ2n) is 4.37. The molecule has 0 aliphatic carbocycles. The van der Waals surface area contributed by atoms with Crippen LogP contribution in [0.25, 0.3) is 0 Å². The van der Waals surface area contributed by atoms with Crippen LogP contribution >= 0.6 is 0 Å². The van der Waals surface area contributed by atoms with Crippen molar-refractivity contribution < 1.29 is 9.53 Å². The standard InChI is InChI=1S/C13H23N3O2/c1-3-5-11(10-14)13(17)12-6-7-15-16(12)8-4-9-18-2/h6-7,11H,3-5,8-10,14H2,1-2H3. The molecule has 5 heteroatoms. The van der Waals surface area contributed by atoms with Crippen molar-refractivity contribution in [2.24, 2.45) is 11.7 Å². The van der Waals surface area contributed by atoms with Crippen LogP contribution in [0.2, 0.25) is 0 Å².